The highest BCUT2D eigenvalue weighted by Crippen LogP contribution is 2.46. The summed E-state index contributed by atoms with van der Waals surface area (Å²) in [6.07, 6.45) is 12.1. The molecule has 1 heterocycles. The number of rotatable bonds is 6. The summed E-state index contributed by atoms with van der Waals surface area (Å²) in [5, 5.41) is 3.41. The molecule has 1 heteroatoms. The molecular weight excluding hydrogens is 218 g/mol. The van der Waals surface area contributed by atoms with Crippen molar-refractivity contribution < 1.29 is 0 Å². The molecule has 0 fully saturated rings. The van der Waals surface area contributed by atoms with Crippen molar-refractivity contribution in [2.24, 2.45) is 5.41 Å². The third-order valence-corrected chi connectivity index (χ3v) is 3.75. The van der Waals surface area contributed by atoms with Crippen molar-refractivity contribution in [1.82, 2.24) is 5.32 Å². The first-order chi connectivity index (χ1) is 8.59. The Bertz CT molecular complexity index is 365. The van der Waals surface area contributed by atoms with Gasteiger partial charge < -0.3 is 5.32 Å². The first kappa shape index (κ1) is 14.8. The minimum Gasteiger partial charge on any atom is -0.363 e. The molecule has 1 nitrogen and oxygen atoms in total. The molecule has 1 aliphatic rings. The predicted molar refractivity (Wildman–Crippen MR) is 81.2 cm³/mol. The molecule has 0 amide bonds. The van der Waals surface area contributed by atoms with E-state index in [0.29, 0.717) is 0 Å². The van der Waals surface area contributed by atoms with E-state index in [0.717, 1.165) is 12.1 Å². The van der Waals surface area contributed by atoms with Crippen LogP contribution < -0.4 is 5.32 Å². The van der Waals surface area contributed by atoms with Crippen molar-refractivity contribution in [3.05, 3.63) is 48.4 Å². The van der Waals surface area contributed by atoms with Gasteiger partial charge in [0.05, 0.1) is 0 Å². The van der Waals surface area contributed by atoms with Gasteiger partial charge in [-0.1, -0.05) is 58.1 Å². The molecule has 0 aromatic carbocycles. The molecule has 0 atom stereocenters. The Balaban J connectivity index is 3.22. The van der Waals surface area contributed by atoms with Gasteiger partial charge in [-0.25, -0.2) is 0 Å². The highest BCUT2D eigenvalue weighted by Gasteiger charge is 2.36. The van der Waals surface area contributed by atoms with Crippen molar-refractivity contribution in [2.45, 2.75) is 52.9 Å². The maximum atomic E-state index is 4.15. The Hall–Kier alpha value is -1.24. The number of nitrogens with one attached hydrogen (secondary N) is 1. The lowest BCUT2D eigenvalue weighted by atomic mass is 9.67. The van der Waals surface area contributed by atoms with E-state index in [1.165, 1.54) is 37.0 Å². The lowest BCUT2D eigenvalue weighted by Crippen LogP contribution is -2.33. The van der Waals surface area contributed by atoms with Gasteiger partial charge in [0.1, 0.15) is 0 Å². The van der Waals surface area contributed by atoms with E-state index in [-0.39, 0.29) is 5.41 Å². The monoisotopic (exact) mass is 245 g/mol. The van der Waals surface area contributed by atoms with E-state index < -0.39 is 0 Å². The maximum Gasteiger partial charge on any atom is 0.0155 e. The second kappa shape index (κ2) is 6.63. The third kappa shape index (κ3) is 3.16. The molecule has 0 aromatic rings. The Morgan fingerprint density at radius 1 is 1.28 bits per heavy atom. The van der Waals surface area contributed by atoms with E-state index in [4.69, 9.17) is 0 Å². The fourth-order valence-electron chi connectivity index (χ4n) is 3.27. The standard InChI is InChI=1S/C17H27N/c1-6-9-10-16-15(5)18-14(4)13-17(16,11-7-2)12-8-3/h6,9-10,18H,1,4,7-8,11-13H2,2-3,5H3/b10-9-. The average Bonchev–Trinajstić information content (AvgIpc) is 2.28. The number of hydrogen-bond acceptors (Lipinski definition) is 1. The Morgan fingerprint density at radius 3 is 2.39 bits per heavy atom. The van der Waals surface area contributed by atoms with Crippen molar-refractivity contribution in [3.63, 3.8) is 0 Å². The highest BCUT2D eigenvalue weighted by molar-refractivity contribution is 5.38. The van der Waals surface area contributed by atoms with Crippen LogP contribution in [0.15, 0.2) is 48.4 Å². The van der Waals surface area contributed by atoms with Gasteiger partial charge in [0.2, 0.25) is 0 Å². The Kier molecular flexibility index (Phi) is 5.46. The minimum atomic E-state index is 0.273. The van der Waals surface area contributed by atoms with Crippen molar-refractivity contribution in [2.75, 3.05) is 0 Å². The summed E-state index contributed by atoms with van der Waals surface area (Å²) in [5.41, 5.74) is 4.13. The second-order valence-electron chi connectivity index (χ2n) is 5.32. The van der Waals surface area contributed by atoms with Crippen LogP contribution in [0.4, 0.5) is 0 Å². The van der Waals surface area contributed by atoms with Crippen LogP contribution in [0.2, 0.25) is 0 Å². The van der Waals surface area contributed by atoms with Gasteiger partial charge >= 0.3 is 0 Å². The zero-order chi connectivity index (χ0) is 13.6. The summed E-state index contributed by atoms with van der Waals surface area (Å²) in [5.74, 6) is 0. The van der Waals surface area contributed by atoms with Crippen LogP contribution >= 0.6 is 0 Å². The van der Waals surface area contributed by atoms with E-state index in [2.05, 4.69) is 51.4 Å². The fourth-order valence-corrected chi connectivity index (χ4v) is 3.27. The molecule has 0 radical (unpaired) electrons. The first-order valence-corrected chi connectivity index (χ1v) is 7.05. The molecule has 0 unspecified atom stereocenters. The molecule has 0 bridgehead atoms. The smallest absolute Gasteiger partial charge is 0.0155 e. The van der Waals surface area contributed by atoms with Crippen molar-refractivity contribution >= 4 is 0 Å². The van der Waals surface area contributed by atoms with Crippen LogP contribution in [-0.4, -0.2) is 0 Å². The summed E-state index contributed by atoms with van der Waals surface area (Å²) in [4.78, 5) is 0. The summed E-state index contributed by atoms with van der Waals surface area (Å²) >= 11 is 0. The lowest BCUT2D eigenvalue weighted by molar-refractivity contribution is 0.278. The van der Waals surface area contributed by atoms with Gasteiger partial charge in [-0.05, 0) is 31.8 Å². The summed E-state index contributed by atoms with van der Waals surface area (Å²) in [6.45, 7) is 14.6. The maximum absolute atomic E-state index is 4.15. The predicted octanol–water partition coefficient (Wildman–Crippen LogP) is 5.10. The zero-order valence-electron chi connectivity index (χ0n) is 12.2. The molecule has 0 aliphatic carbocycles. The molecule has 0 saturated carbocycles. The van der Waals surface area contributed by atoms with Crippen LogP contribution in [0.5, 0.6) is 0 Å². The van der Waals surface area contributed by atoms with Gasteiger partial charge in [0, 0.05) is 16.8 Å². The van der Waals surface area contributed by atoms with Crippen molar-refractivity contribution in [1.29, 1.82) is 0 Å². The van der Waals surface area contributed by atoms with Gasteiger partial charge in [0.25, 0.3) is 0 Å². The second-order valence-corrected chi connectivity index (χ2v) is 5.32. The fraction of sp³-hybridized carbons (Fsp3) is 0.529. The highest BCUT2D eigenvalue weighted by atomic mass is 14.9. The molecular formula is C17H27N. The molecule has 100 valence electrons. The first-order valence-electron chi connectivity index (χ1n) is 7.05. The minimum absolute atomic E-state index is 0.273. The van der Waals surface area contributed by atoms with Gasteiger partial charge in [-0.2, -0.15) is 0 Å². The SMILES string of the molecule is C=C/C=C\C1=C(C)NC(=C)CC1(CCC)CCC. The summed E-state index contributed by atoms with van der Waals surface area (Å²) in [7, 11) is 0. The van der Waals surface area contributed by atoms with Crippen LogP contribution in [0.1, 0.15) is 52.9 Å². The third-order valence-electron chi connectivity index (χ3n) is 3.75. The Labute approximate surface area is 112 Å². The average molecular weight is 245 g/mol. The number of hydrogen-bond donors (Lipinski definition) is 1. The normalized spacial score (nSPS) is 19.2. The van der Waals surface area contributed by atoms with Gasteiger partial charge in [0.15, 0.2) is 0 Å². The zero-order valence-corrected chi connectivity index (χ0v) is 12.2. The molecule has 1 N–H and O–H groups in total. The van der Waals surface area contributed by atoms with E-state index >= 15 is 0 Å². The van der Waals surface area contributed by atoms with Crippen LogP contribution in [0, 0.1) is 5.41 Å². The van der Waals surface area contributed by atoms with Crippen LogP contribution in [0.25, 0.3) is 0 Å². The van der Waals surface area contributed by atoms with E-state index in [9.17, 15) is 0 Å². The molecule has 0 aromatic heterocycles. The van der Waals surface area contributed by atoms with E-state index in [1.807, 2.05) is 6.08 Å². The van der Waals surface area contributed by atoms with Crippen LogP contribution in [0.3, 0.4) is 0 Å². The largest absolute Gasteiger partial charge is 0.363 e. The molecule has 18 heavy (non-hydrogen) atoms. The lowest BCUT2D eigenvalue weighted by Gasteiger charge is -2.41. The molecule has 1 aliphatic heterocycles. The summed E-state index contributed by atoms with van der Waals surface area (Å²) in [6, 6.07) is 0. The van der Waals surface area contributed by atoms with Crippen molar-refractivity contribution in [3.8, 4) is 0 Å². The van der Waals surface area contributed by atoms with Crippen LogP contribution in [-0.2, 0) is 0 Å². The van der Waals surface area contributed by atoms with Gasteiger partial charge in [-0.3, -0.25) is 0 Å². The molecule has 0 saturated heterocycles. The molecule has 1 rings (SSSR count). The Morgan fingerprint density at radius 2 is 1.89 bits per heavy atom. The van der Waals surface area contributed by atoms with E-state index in [1.54, 1.807) is 0 Å². The van der Waals surface area contributed by atoms with Gasteiger partial charge in [-0.15, -0.1) is 0 Å². The quantitative estimate of drug-likeness (QED) is 0.642. The topological polar surface area (TPSA) is 12.0 Å². The number of allylic oxidation sites excluding steroid dienone is 6. The molecule has 0 spiro atoms. The summed E-state index contributed by atoms with van der Waals surface area (Å²) < 4.78 is 0.